The molecule has 0 fully saturated rings. The summed E-state index contributed by atoms with van der Waals surface area (Å²) >= 11 is 0. The van der Waals surface area contributed by atoms with E-state index in [9.17, 15) is 12.8 Å². The number of hydrogen-bond acceptors (Lipinski definition) is 4. The van der Waals surface area contributed by atoms with Crippen LogP contribution in [0.4, 0.5) is 10.1 Å². The van der Waals surface area contributed by atoms with Crippen LogP contribution in [0.15, 0.2) is 30.5 Å². The van der Waals surface area contributed by atoms with E-state index in [0.29, 0.717) is 0 Å². The molecule has 0 spiro atoms. The first kappa shape index (κ1) is 14.5. The van der Waals surface area contributed by atoms with Gasteiger partial charge in [-0.15, -0.1) is 0 Å². The molecule has 0 unspecified atom stereocenters. The molecule has 2 rings (SSSR count). The van der Waals surface area contributed by atoms with Gasteiger partial charge in [-0.25, -0.2) is 12.8 Å². The van der Waals surface area contributed by atoms with Crippen LogP contribution in [0.2, 0.25) is 0 Å². The Hall–Kier alpha value is -1.93. The molecule has 0 saturated carbocycles. The van der Waals surface area contributed by atoms with Gasteiger partial charge in [-0.1, -0.05) is 12.1 Å². The van der Waals surface area contributed by atoms with Crippen molar-refractivity contribution in [1.82, 2.24) is 10.2 Å². The maximum atomic E-state index is 13.7. The van der Waals surface area contributed by atoms with Gasteiger partial charge in [-0.05, 0) is 12.1 Å². The Kier molecular flexibility index (Phi) is 4.35. The van der Waals surface area contributed by atoms with Crippen molar-refractivity contribution in [2.24, 2.45) is 0 Å². The summed E-state index contributed by atoms with van der Waals surface area (Å²) in [7, 11) is -2.15. The van der Waals surface area contributed by atoms with Gasteiger partial charge < -0.3 is 4.74 Å². The molecule has 0 saturated heterocycles. The number of sulfonamides is 1. The molecule has 108 valence electrons. The lowest BCUT2D eigenvalue weighted by Crippen LogP contribution is -2.19. The molecule has 1 aromatic carbocycles. The van der Waals surface area contributed by atoms with Crippen LogP contribution in [-0.2, 0) is 14.8 Å². The summed E-state index contributed by atoms with van der Waals surface area (Å²) < 4.78 is 44.4. The Morgan fingerprint density at radius 1 is 1.40 bits per heavy atom. The van der Waals surface area contributed by atoms with Crippen LogP contribution in [0, 0.1) is 5.82 Å². The van der Waals surface area contributed by atoms with Crippen LogP contribution in [0.3, 0.4) is 0 Å². The van der Waals surface area contributed by atoms with Crippen LogP contribution in [0.5, 0.6) is 0 Å². The summed E-state index contributed by atoms with van der Waals surface area (Å²) in [5.74, 6) is -0.653. The Labute approximate surface area is 116 Å². The molecule has 0 atom stereocenters. The third-order valence-corrected chi connectivity index (χ3v) is 3.84. The van der Waals surface area contributed by atoms with Crippen LogP contribution in [-0.4, -0.2) is 38.1 Å². The summed E-state index contributed by atoms with van der Waals surface area (Å²) in [5.41, 5.74) is 0.727. The smallest absolute Gasteiger partial charge is 0.235 e. The first-order valence-electron chi connectivity index (χ1n) is 5.81. The second kappa shape index (κ2) is 6.02. The molecule has 0 bridgehead atoms. The van der Waals surface area contributed by atoms with E-state index < -0.39 is 15.8 Å². The minimum atomic E-state index is -3.57. The minimum absolute atomic E-state index is 0.0716. The van der Waals surface area contributed by atoms with E-state index in [-0.39, 0.29) is 29.3 Å². The number of H-pyrrole nitrogens is 1. The number of nitrogens with one attached hydrogen (secondary N) is 2. The number of anilines is 1. The van der Waals surface area contributed by atoms with E-state index in [1.807, 2.05) is 0 Å². The quantitative estimate of drug-likeness (QED) is 0.848. The highest BCUT2D eigenvalue weighted by Gasteiger charge is 2.17. The van der Waals surface area contributed by atoms with E-state index in [2.05, 4.69) is 14.9 Å². The second-order valence-electron chi connectivity index (χ2n) is 4.05. The summed E-state index contributed by atoms with van der Waals surface area (Å²) in [6.45, 7) is 0.0716. The zero-order valence-corrected chi connectivity index (χ0v) is 11.6. The molecular formula is C12H14FN3O3S. The second-order valence-corrected chi connectivity index (χ2v) is 5.89. The standard InChI is InChI=1S/C12H14FN3O3S/c1-19-6-7-20(17,18)16-11-8-14-15-12(11)9-4-2-3-5-10(9)13/h2-5,8,16H,6-7H2,1H3,(H,14,15). The highest BCUT2D eigenvalue weighted by atomic mass is 32.2. The number of halogens is 1. The van der Waals surface area contributed by atoms with Gasteiger partial charge in [0.2, 0.25) is 10.0 Å². The van der Waals surface area contributed by atoms with Gasteiger partial charge >= 0.3 is 0 Å². The minimum Gasteiger partial charge on any atom is -0.384 e. The largest absolute Gasteiger partial charge is 0.384 e. The molecule has 2 N–H and O–H groups in total. The fourth-order valence-electron chi connectivity index (χ4n) is 1.64. The van der Waals surface area contributed by atoms with E-state index in [4.69, 9.17) is 4.74 Å². The lowest BCUT2D eigenvalue weighted by Gasteiger charge is -2.08. The van der Waals surface area contributed by atoms with Crippen molar-refractivity contribution in [1.29, 1.82) is 0 Å². The molecule has 0 radical (unpaired) electrons. The lowest BCUT2D eigenvalue weighted by molar-refractivity contribution is 0.217. The maximum absolute atomic E-state index is 13.7. The number of nitrogens with zero attached hydrogens (tertiary/aromatic N) is 1. The number of methoxy groups -OCH3 is 1. The third-order valence-electron chi connectivity index (χ3n) is 2.60. The number of aromatic amines is 1. The number of hydrogen-bond donors (Lipinski definition) is 2. The van der Waals surface area contributed by atoms with Crippen LogP contribution in [0.1, 0.15) is 0 Å². The highest BCUT2D eigenvalue weighted by molar-refractivity contribution is 7.92. The molecule has 0 aliphatic heterocycles. The molecule has 1 heterocycles. The van der Waals surface area contributed by atoms with Crippen LogP contribution < -0.4 is 4.72 Å². The fourth-order valence-corrected chi connectivity index (χ4v) is 2.62. The summed E-state index contributed by atoms with van der Waals surface area (Å²) in [6, 6.07) is 6.04. The van der Waals surface area contributed by atoms with Gasteiger partial charge in [0.25, 0.3) is 0 Å². The normalized spacial score (nSPS) is 11.5. The Morgan fingerprint density at radius 3 is 2.85 bits per heavy atom. The van der Waals surface area contributed by atoms with Gasteiger partial charge in [-0.2, -0.15) is 5.10 Å². The monoisotopic (exact) mass is 299 g/mol. The Morgan fingerprint density at radius 2 is 2.15 bits per heavy atom. The number of rotatable bonds is 6. The summed E-state index contributed by atoms with van der Waals surface area (Å²) in [5, 5.41) is 6.35. The predicted octanol–water partition coefficient (Wildman–Crippen LogP) is 1.60. The third kappa shape index (κ3) is 3.34. The van der Waals surface area contributed by atoms with Crippen molar-refractivity contribution in [3.8, 4) is 11.3 Å². The molecule has 20 heavy (non-hydrogen) atoms. The zero-order valence-electron chi connectivity index (χ0n) is 10.8. The lowest BCUT2D eigenvalue weighted by atomic mass is 10.1. The topological polar surface area (TPSA) is 84.1 Å². The van der Waals surface area contributed by atoms with Gasteiger partial charge in [0.15, 0.2) is 0 Å². The van der Waals surface area contributed by atoms with Gasteiger partial charge in [0.1, 0.15) is 5.82 Å². The van der Waals surface area contributed by atoms with Gasteiger partial charge in [-0.3, -0.25) is 9.82 Å². The first-order chi connectivity index (χ1) is 9.53. The number of ether oxygens (including phenoxy) is 1. The highest BCUT2D eigenvalue weighted by Crippen LogP contribution is 2.28. The van der Waals surface area contributed by atoms with Crippen LogP contribution in [0.25, 0.3) is 11.3 Å². The molecular weight excluding hydrogens is 285 g/mol. The average molecular weight is 299 g/mol. The number of aromatic nitrogens is 2. The van der Waals surface area contributed by atoms with Crippen molar-refractivity contribution < 1.29 is 17.5 Å². The van der Waals surface area contributed by atoms with Crippen molar-refractivity contribution >= 4 is 15.7 Å². The summed E-state index contributed by atoms with van der Waals surface area (Å²) in [6.07, 6.45) is 1.30. The fraction of sp³-hybridized carbons (Fsp3) is 0.250. The van der Waals surface area contributed by atoms with E-state index in [0.717, 1.165) is 0 Å². The van der Waals surface area contributed by atoms with Crippen molar-refractivity contribution in [2.75, 3.05) is 24.2 Å². The number of benzene rings is 1. The van der Waals surface area contributed by atoms with E-state index in [1.54, 1.807) is 12.1 Å². The molecule has 0 aliphatic rings. The molecule has 8 heteroatoms. The van der Waals surface area contributed by atoms with E-state index in [1.165, 1.54) is 25.4 Å². The average Bonchev–Trinajstić information content (AvgIpc) is 2.84. The molecule has 0 amide bonds. The molecule has 2 aromatic rings. The summed E-state index contributed by atoms with van der Waals surface area (Å²) in [4.78, 5) is 0. The molecule has 6 nitrogen and oxygen atoms in total. The van der Waals surface area contributed by atoms with Gasteiger partial charge in [0.05, 0.1) is 29.9 Å². The van der Waals surface area contributed by atoms with E-state index >= 15 is 0 Å². The van der Waals surface area contributed by atoms with Crippen molar-refractivity contribution in [3.63, 3.8) is 0 Å². The van der Waals surface area contributed by atoms with Gasteiger partial charge in [0, 0.05) is 12.7 Å². The zero-order chi connectivity index (χ0) is 14.6. The maximum Gasteiger partial charge on any atom is 0.235 e. The molecule has 1 aromatic heterocycles. The first-order valence-corrected chi connectivity index (χ1v) is 7.46. The van der Waals surface area contributed by atoms with Crippen LogP contribution >= 0.6 is 0 Å². The van der Waals surface area contributed by atoms with Crippen molar-refractivity contribution in [2.45, 2.75) is 0 Å². The molecule has 0 aliphatic carbocycles. The SMILES string of the molecule is COCCS(=O)(=O)Nc1cn[nH]c1-c1ccccc1F. The predicted molar refractivity (Wildman–Crippen MR) is 73.3 cm³/mol. The Balaban J connectivity index is 2.28. The van der Waals surface area contributed by atoms with Crippen molar-refractivity contribution in [3.05, 3.63) is 36.3 Å². The Bertz CT molecular complexity index is 685.